The summed E-state index contributed by atoms with van der Waals surface area (Å²) in [7, 11) is 0. The fourth-order valence-electron chi connectivity index (χ4n) is 1.87. The third kappa shape index (κ3) is 2.54. The van der Waals surface area contributed by atoms with Crippen LogP contribution in [0.25, 0.3) is 0 Å². The van der Waals surface area contributed by atoms with Crippen LogP contribution in [0.3, 0.4) is 0 Å². The minimum absolute atomic E-state index is 0.0113. The van der Waals surface area contributed by atoms with Gasteiger partial charge in [0.2, 0.25) is 0 Å². The predicted molar refractivity (Wildman–Crippen MR) is 75.8 cm³/mol. The molecule has 4 heteroatoms. The summed E-state index contributed by atoms with van der Waals surface area (Å²) in [4.78, 5) is 12.2. The van der Waals surface area contributed by atoms with Gasteiger partial charge in [0, 0.05) is 5.69 Å². The number of rotatable bonds is 3. The van der Waals surface area contributed by atoms with Crippen LogP contribution in [0.4, 0.5) is 5.69 Å². The summed E-state index contributed by atoms with van der Waals surface area (Å²) in [6, 6.07) is 7.49. The number of amides is 1. The van der Waals surface area contributed by atoms with Gasteiger partial charge in [-0.2, -0.15) is 11.3 Å². The molecule has 1 atom stereocenters. The number of hydrogen-bond donors (Lipinski definition) is 2. The lowest BCUT2D eigenvalue weighted by Gasteiger charge is -2.15. The van der Waals surface area contributed by atoms with E-state index in [1.165, 1.54) is 0 Å². The van der Waals surface area contributed by atoms with E-state index in [1.807, 2.05) is 42.8 Å². The van der Waals surface area contributed by atoms with E-state index in [9.17, 15) is 4.79 Å². The molecule has 3 N–H and O–H groups in total. The van der Waals surface area contributed by atoms with Gasteiger partial charge in [-0.3, -0.25) is 4.79 Å². The number of hydrogen-bond acceptors (Lipinski definition) is 3. The van der Waals surface area contributed by atoms with E-state index in [0.717, 1.165) is 11.1 Å². The maximum atomic E-state index is 12.2. The highest BCUT2D eigenvalue weighted by Crippen LogP contribution is 2.19. The van der Waals surface area contributed by atoms with E-state index in [0.29, 0.717) is 11.3 Å². The van der Waals surface area contributed by atoms with Gasteiger partial charge >= 0.3 is 0 Å². The molecule has 1 unspecified atom stereocenters. The zero-order valence-electron chi connectivity index (χ0n) is 10.4. The Morgan fingerprint density at radius 3 is 2.78 bits per heavy atom. The topological polar surface area (TPSA) is 55.1 Å². The summed E-state index contributed by atoms with van der Waals surface area (Å²) in [5, 5.41) is 7.00. The number of thiophene rings is 1. The molecule has 94 valence electrons. The molecule has 0 fully saturated rings. The molecule has 0 saturated heterocycles. The molecule has 18 heavy (non-hydrogen) atoms. The third-order valence-electron chi connectivity index (χ3n) is 2.92. The second-order valence-corrected chi connectivity index (χ2v) is 5.07. The average molecular weight is 260 g/mol. The highest BCUT2D eigenvalue weighted by atomic mass is 32.1. The number of benzene rings is 1. The lowest BCUT2D eigenvalue weighted by Crippen LogP contribution is -2.27. The van der Waals surface area contributed by atoms with Crippen molar-refractivity contribution in [3.8, 4) is 0 Å². The van der Waals surface area contributed by atoms with Crippen LogP contribution < -0.4 is 11.1 Å². The third-order valence-corrected chi connectivity index (χ3v) is 3.62. The van der Waals surface area contributed by atoms with Crippen molar-refractivity contribution in [3.63, 3.8) is 0 Å². The smallest absolute Gasteiger partial charge is 0.254 e. The summed E-state index contributed by atoms with van der Waals surface area (Å²) < 4.78 is 0. The van der Waals surface area contributed by atoms with Gasteiger partial charge in [0.1, 0.15) is 0 Å². The molecule has 0 saturated carbocycles. The van der Waals surface area contributed by atoms with Gasteiger partial charge in [-0.25, -0.2) is 0 Å². The van der Waals surface area contributed by atoms with Crippen LogP contribution in [-0.4, -0.2) is 5.91 Å². The Hall–Kier alpha value is -1.81. The first-order valence-electron chi connectivity index (χ1n) is 5.77. The first-order valence-corrected chi connectivity index (χ1v) is 6.72. The number of anilines is 1. The Bertz CT molecular complexity index is 529. The standard InChI is InChI=1S/C14H16N2OS/c1-9-4-3-5-12(15)13(9)14(17)16-10(2)11-6-7-18-8-11/h3-8,10H,15H2,1-2H3,(H,16,17). The van der Waals surface area contributed by atoms with Gasteiger partial charge in [0.15, 0.2) is 0 Å². The largest absolute Gasteiger partial charge is 0.398 e. The molecule has 1 amide bonds. The van der Waals surface area contributed by atoms with Gasteiger partial charge in [0.25, 0.3) is 5.91 Å². The van der Waals surface area contributed by atoms with Crippen molar-refractivity contribution in [1.82, 2.24) is 5.32 Å². The average Bonchev–Trinajstić information content (AvgIpc) is 2.81. The number of nitrogen functional groups attached to an aromatic ring is 1. The number of nitrogens with one attached hydrogen (secondary N) is 1. The fourth-order valence-corrected chi connectivity index (χ4v) is 2.63. The number of carbonyl (C=O) groups is 1. The summed E-state index contributed by atoms with van der Waals surface area (Å²) in [5.41, 5.74) is 8.95. The van der Waals surface area contributed by atoms with Crippen molar-refractivity contribution in [1.29, 1.82) is 0 Å². The summed E-state index contributed by atoms with van der Waals surface area (Å²) in [6.45, 7) is 3.86. The van der Waals surface area contributed by atoms with E-state index >= 15 is 0 Å². The lowest BCUT2D eigenvalue weighted by molar-refractivity contribution is 0.0940. The molecule has 0 spiro atoms. The number of carbonyl (C=O) groups excluding carboxylic acids is 1. The van der Waals surface area contributed by atoms with Gasteiger partial charge in [-0.05, 0) is 47.9 Å². The van der Waals surface area contributed by atoms with Crippen molar-refractivity contribution in [2.24, 2.45) is 0 Å². The second kappa shape index (κ2) is 5.23. The zero-order valence-corrected chi connectivity index (χ0v) is 11.3. The molecule has 0 aliphatic heterocycles. The van der Waals surface area contributed by atoms with Crippen LogP contribution in [0, 0.1) is 6.92 Å². The molecule has 3 nitrogen and oxygen atoms in total. The lowest BCUT2D eigenvalue weighted by atomic mass is 10.1. The SMILES string of the molecule is Cc1cccc(N)c1C(=O)NC(C)c1ccsc1. The Labute approximate surface area is 111 Å². The normalized spacial score (nSPS) is 12.1. The maximum Gasteiger partial charge on any atom is 0.254 e. The minimum Gasteiger partial charge on any atom is -0.398 e. The molecule has 0 bridgehead atoms. The first kappa shape index (κ1) is 12.6. The zero-order chi connectivity index (χ0) is 13.1. The Balaban J connectivity index is 2.18. The van der Waals surface area contributed by atoms with E-state index < -0.39 is 0 Å². The maximum absolute atomic E-state index is 12.2. The number of aryl methyl sites for hydroxylation is 1. The van der Waals surface area contributed by atoms with Crippen LogP contribution in [0.15, 0.2) is 35.0 Å². The first-order chi connectivity index (χ1) is 8.59. The van der Waals surface area contributed by atoms with E-state index in [1.54, 1.807) is 17.4 Å². The molecular weight excluding hydrogens is 244 g/mol. The molecule has 0 aliphatic carbocycles. The molecule has 1 heterocycles. The van der Waals surface area contributed by atoms with Gasteiger partial charge in [-0.1, -0.05) is 12.1 Å². The summed E-state index contributed by atoms with van der Waals surface area (Å²) >= 11 is 1.62. The van der Waals surface area contributed by atoms with Crippen molar-refractivity contribution in [2.45, 2.75) is 19.9 Å². The second-order valence-electron chi connectivity index (χ2n) is 4.29. The van der Waals surface area contributed by atoms with Crippen molar-refractivity contribution < 1.29 is 4.79 Å². The molecular formula is C14H16N2OS. The van der Waals surface area contributed by atoms with Crippen LogP contribution in [0.2, 0.25) is 0 Å². The minimum atomic E-state index is -0.121. The van der Waals surface area contributed by atoms with Gasteiger partial charge in [0.05, 0.1) is 11.6 Å². The predicted octanol–water partition coefficient (Wildman–Crippen LogP) is 3.13. The quantitative estimate of drug-likeness (QED) is 0.833. The molecule has 1 aromatic carbocycles. The molecule has 2 rings (SSSR count). The van der Waals surface area contributed by atoms with E-state index in [-0.39, 0.29) is 11.9 Å². The van der Waals surface area contributed by atoms with Gasteiger partial charge < -0.3 is 11.1 Å². The summed E-state index contributed by atoms with van der Waals surface area (Å²) in [5.74, 6) is -0.121. The number of nitrogens with two attached hydrogens (primary N) is 1. The van der Waals surface area contributed by atoms with Crippen molar-refractivity contribution in [3.05, 3.63) is 51.7 Å². The highest BCUT2D eigenvalue weighted by molar-refractivity contribution is 7.07. The van der Waals surface area contributed by atoms with Crippen LogP contribution in [0.1, 0.15) is 34.5 Å². The van der Waals surface area contributed by atoms with Crippen LogP contribution in [-0.2, 0) is 0 Å². The Morgan fingerprint density at radius 1 is 1.39 bits per heavy atom. The van der Waals surface area contributed by atoms with Crippen LogP contribution in [0.5, 0.6) is 0 Å². The molecule has 1 aromatic heterocycles. The van der Waals surface area contributed by atoms with E-state index in [4.69, 9.17) is 5.73 Å². The fraction of sp³-hybridized carbons (Fsp3) is 0.214. The van der Waals surface area contributed by atoms with Crippen LogP contribution >= 0.6 is 11.3 Å². The van der Waals surface area contributed by atoms with E-state index in [2.05, 4.69) is 5.32 Å². The van der Waals surface area contributed by atoms with Crippen molar-refractivity contribution >= 4 is 22.9 Å². The van der Waals surface area contributed by atoms with Crippen molar-refractivity contribution in [2.75, 3.05) is 5.73 Å². The highest BCUT2D eigenvalue weighted by Gasteiger charge is 2.15. The van der Waals surface area contributed by atoms with Gasteiger partial charge in [-0.15, -0.1) is 0 Å². The molecule has 0 aliphatic rings. The Kier molecular flexibility index (Phi) is 3.67. The molecule has 2 aromatic rings. The Morgan fingerprint density at radius 2 is 2.17 bits per heavy atom. The summed E-state index contributed by atoms with van der Waals surface area (Å²) in [6.07, 6.45) is 0. The molecule has 0 radical (unpaired) electrons. The monoisotopic (exact) mass is 260 g/mol.